The van der Waals surface area contributed by atoms with Gasteiger partial charge < -0.3 is 25.0 Å². The van der Waals surface area contributed by atoms with Gasteiger partial charge in [-0.05, 0) is 55.5 Å². The van der Waals surface area contributed by atoms with Gasteiger partial charge in [0.15, 0.2) is 6.29 Å². The van der Waals surface area contributed by atoms with Crippen molar-refractivity contribution in [1.29, 1.82) is 0 Å². The standard InChI is InChI=1S/C29H39N3O7/c33-18-20-7-9-21(10-8-20)26-16-25(17-32-15-3-4-24(32)19-34)38-29(39-26)22-11-13-23(14-12-22)30-27(35)5-1-2-6-28(36)31-37/h7-14,24-26,29,33-34,37H,1-6,15-19H2,(H,30,35)(H,31,36)/t24-,25+,26-,29-/m0/s1. The maximum atomic E-state index is 12.3. The van der Waals surface area contributed by atoms with E-state index < -0.39 is 12.2 Å². The molecule has 2 amide bonds. The van der Waals surface area contributed by atoms with Gasteiger partial charge in [-0.2, -0.15) is 0 Å². The molecule has 4 rings (SSSR count). The molecule has 0 radical (unpaired) electrons. The number of ether oxygens (including phenoxy) is 2. The SMILES string of the molecule is O=C(CCCCC(=O)Nc1ccc([C@H]2O[C@@H](CN3CCC[C@H]3CO)C[C@@H](c3ccc(CO)cc3)O2)cc1)NO. The Labute approximate surface area is 228 Å². The van der Waals surface area contributed by atoms with Crippen LogP contribution in [-0.4, -0.2) is 64.0 Å². The second kappa shape index (κ2) is 14.5. The predicted molar refractivity (Wildman–Crippen MR) is 144 cm³/mol. The van der Waals surface area contributed by atoms with Crippen LogP contribution in [0.15, 0.2) is 48.5 Å². The lowest BCUT2D eigenvalue weighted by Crippen LogP contribution is -2.42. The highest BCUT2D eigenvalue weighted by molar-refractivity contribution is 5.90. The van der Waals surface area contributed by atoms with Crippen molar-refractivity contribution in [2.45, 2.75) is 76.1 Å². The van der Waals surface area contributed by atoms with Crippen LogP contribution in [0.1, 0.15) is 74.0 Å². The van der Waals surface area contributed by atoms with Gasteiger partial charge in [0.05, 0.1) is 25.4 Å². The fourth-order valence-electron chi connectivity index (χ4n) is 5.21. The van der Waals surface area contributed by atoms with Crippen molar-refractivity contribution in [3.05, 3.63) is 65.2 Å². The summed E-state index contributed by atoms with van der Waals surface area (Å²) in [5, 5.41) is 30.6. The molecule has 2 aromatic rings. The summed E-state index contributed by atoms with van der Waals surface area (Å²) in [7, 11) is 0. The van der Waals surface area contributed by atoms with Crippen LogP contribution in [0.2, 0.25) is 0 Å². The first kappa shape index (κ1) is 29.1. The molecule has 0 aromatic heterocycles. The van der Waals surface area contributed by atoms with E-state index in [1.54, 1.807) is 5.48 Å². The zero-order chi connectivity index (χ0) is 27.6. The molecule has 2 saturated heterocycles. The largest absolute Gasteiger partial charge is 0.395 e. The number of carbonyl (C=O) groups is 2. The van der Waals surface area contributed by atoms with Gasteiger partial charge in [-0.3, -0.25) is 19.7 Å². The molecular weight excluding hydrogens is 502 g/mol. The average Bonchev–Trinajstić information content (AvgIpc) is 3.42. The molecule has 4 atom stereocenters. The number of rotatable bonds is 12. The summed E-state index contributed by atoms with van der Waals surface area (Å²) in [6, 6.07) is 15.3. The van der Waals surface area contributed by atoms with Crippen LogP contribution in [0.4, 0.5) is 5.69 Å². The highest BCUT2D eigenvalue weighted by Gasteiger charge is 2.35. The van der Waals surface area contributed by atoms with Crippen molar-refractivity contribution in [3.8, 4) is 0 Å². The van der Waals surface area contributed by atoms with E-state index in [1.165, 1.54) is 0 Å². The van der Waals surface area contributed by atoms with E-state index in [0.717, 1.165) is 36.1 Å². The van der Waals surface area contributed by atoms with Crippen molar-refractivity contribution in [3.63, 3.8) is 0 Å². The summed E-state index contributed by atoms with van der Waals surface area (Å²) in [6.07, 6.45) is 3.35. The van der Waals surface area contributed by atoms with E-state index in [4.69, 9.17) is 14.7 Å². The van der Waals surface area contributed by atoms with Crippen molar-refractivity contribution in [2.75, 3.05) is 25.0 Å². The van der Waals surface area contributed by atoms with Crippen molar-refractivity contribution in [1.82, 2.24) is 10.4 Å². The van der Waals surface area contributed by atoms with Crippen molar-refractivity contribution in [2.24, 2.45) is 0 Å². The fraction of sp³-hybridized carbons (Fsp3) is 0.517. The van der Waals surface area contributed by atoms with E-state index in [2.05, 4.69) is 10.2 Å². The zero-order valence-electron chi connectivity index (χ0n) is 22.1. The second-order valence-electron chi connectivity index (χ2n) is 10.2. The van der Waals surface area contributed by atoms with Gasteiger partial charge in [-0.15, -0.1) is 0 Å². The minimum Gasteiger partial charge on any atom is -0.395 e. The molecule has 2 aromatic carbocycles. The Hall–Kier alpha value is -2.86. The number of hydrogen-bond donors (Lipinski definition) is 5. The fourth-order valence-corrected chi connectivity index (χ4v) is 5.21. The van der Waals surface area contributed by atoms with E-state index in [-0.39, 0.29) is 50.2 Å². The number of nitrogens with one attached hydrogen (secondary N) is 2. The van der Waals surface area contributed by atoms with E-state index in [9.17, 15) is 19.8 Å². The molecule has 2 aliphatic heterocycles. The summed E-state index contributed by atoms with van der Waals surface area (Å²) < 4.78 is 12.8. The number of carbonyl (C=O) groups excluding carboxylic acids is 2. The normalized spacial score (nSPS) is 23.5. The molecule has 10 heteroatoms. The summed E-state index contributed by atoms with van der Waals surface area (Å²) >= 11 is 0. The number of hydrogen-bond acceptors (Lipinski definition) is 8. The molecule has 0 unspecified atom stereocenters. The second-order valence-corrected chi connectivity index (χ2v) is 10.2. The Kier molecular flexibility index (Phi) is 10.8. The van der Waals surface area contributed by atoms with Crippen LogP contribution < -0.4 is 10.8 Å². The third-order valence-electron chi connectivity index (χ3n) is 7.41. The molecule has 212 valence electrons. The molecule has 0 bridgehead atoms. The van der Waals surface area contributed by atoms with Crippen molar-refractivity contribution >= 4 is 17.5 Å². The summed E-state index contributed by atoms with van der Waals surface area (Å²) in [6.45, 7) is 1.78. The Morgan fingerprint density at radius 3 is 2.28 bits per heavy atom. The molecule has 2 aliphatic rings. The van der Waals surface area contributed by atoms with Crippen molar-refractivity contribution < 1.29 is 34.5 Å². The van der Waals surface area contributed by atoms with Crippen LogP contribution in [0, 0.1) is 0 Å². The highest BCUT2D eigenvalue weighted by atomic mass is 16.7. The molecule has 2 fully saturated rings. The van der Waals surface area contributed by atoms with Gasteiger partial charge in [0.1, 0.15) is 0 Å². The van der Waals surface area contributed by atoms with Gasteiger partial charge in [-0.1, -0.05) is 36.4 Å². The van der Waals surface area contributed by atoms with Gasteiger partial charge in [0, 0.05) is 43.1 Å². The first-order valence-electron chi connectivity index (χ1n) is 13.7. The van der Waals surface area contributed by atoms with Crippen LogP contribution >= 0.6 is 0 Å². The molecule has 39 heavy (non-hydrogen) atoms. The van der Waals surface area contributed by atoms with Gasteiger partial charge >= 0.3 is 0 Å². The first-order valence-corrected chi connectivity index (χ1v) is 13.7. The number of nitrogens with zero attached hydrogens (tertiary/aromatic N) is 1. The van der Waals surface area contributed by atoms with Gasteiger partial charge in [0.25, 0.3) is 0 Å². The van der Waals surface area contributed by atoms with Crippen LogP contribution in [-0.2, 0) is 25.7 Å². The monoisotopic (exact) mass is 541 g/mol. The number of aliphatic hydroxyl groups is 2. The number of hydroxylamine groups is 1. The van der Waals surface area contributed by atoms with Gasteiger partial charge in [0.2, 0.25) is 11.8 Å². The molecule has 5 N–H and O–H groups in total. The Bertz CT molecular complexity index is 1060. The molecular formula is C29H39N3O7. The lowest BCUT2D eigenvalue weighted by molar-refractivity contribution is -0.253. The number of anilines is 1. The Balaban J connectivity index is 1.40. The maximum Gasteiger partial charge on any atom is 0.243 e. The lowest BCUT2D eigenvalue weighted by Gasteiger charge is -2.38. The third kappa shape index (κ3) is 8.31. The minimum absolute atomic E-state index is 0.0125. The smallest absolute Gasteiger partial charge is 0.243 e. The number of aliphatic hydroxyl groups excluding tert-OH is 2. The molecule has 0 saturated carbocycles. The Morgan fingerprint density at radius 2 is 1.62 bits per heavy atom. The predicted octanol–water partition coefficient (Wildman–Crippen LogP) is 3.19. The quantitative estimate of drug-likeness (QED) is 0.157. The molecule has 2 heterocycles. The zero-order valence-corrected chi connectivity index (χ0v) is 22.1. The van der Waals surface area contributed by atoms with E-state index in [1.807, 2.05) is 48.5 Å². The number of likely N-dealkylation sites (tertiary alicyclic amines) is 1. The van der Waals surface area contributed by atoms with E-state index >= 15 is 0 Å². The molecule has 10 nitrogen and oxygen atoms in total. The maximum absolute atomic E-state index is 12.3. The van der Waals surface area contributed by atoms with Crippen LogP contribution in [0.5, 0.6) is 0 Å². The first-order chi connectivity index (χ1) is 19.0. The van der Waals surface area contributed by atoms with Crippen LogP contribution in [0.3, 0.4) is 0 Å². The van der Waals surface area contributed by atoms with Crippen LogP contribution in [0.25, 0.3) is 0 Å². The summed E-state index contributed by atoms with van der Waals surface area (Å²) in [5.74, 6) is -0.605. The lowest BCUT2D eigenvalue weighted by atomic mass is 9.99. The summed E-state index contributed by atoms with van der Waals surface area (Å²) in [4.78, 5) is 25.6. The van der Waals surface area contributed by atoms with E-state index in [0.29, 0.717) is 31.5 Å². The summed E-state index contributed by atoms with van der Waals surface area (Å²) in [5.41, 5.74) is 4.94. The highest BCUT2D eigenvalue weighted by Crippen LogP contribution is 2.39. The Morgan fingerprint density at radius 1 is 0.923 bits per heavy atom. The third-order valence-corrected chi connectivity index (χ3v) is 7.41. The molecule has 0 aliphatic carbocycles. The number of benzene rings is 2. The number of amides is 2. The molecule has 0 spiro atoms. The average molecular weight is 542 g/mol. The minimum atomic E-state index is -0.594. The topological polar surface area (TPSA) is 141 Å². The number of unbranched alkanes of at least 4 members (excludes halogenated alkanes) is 1. The van der Waals surface area contributed by atoms with Gasteiger partial charge in [-0.25, -0.2) is 5.48 Å².